The summed E-state index contributed by atoms with van der Waals surface area (Å²) in [4.78, 5) is 11.8. The van der Waals surface area contributed by atoms with Crippen molar-refractivity contribution in [3.8, 4) is 0 Å². The molecule has 2 N–H and O–H groups in total. The predicted molar refractivity (Wildman–Crippen MR) is 74.9 cm³/mol. The van der Waals surface area contributed by atoms with Gasteiger partial charge in [-0.05, 0) is 19.2 Å². The lowest BCUT2D eigenvalue weighted by molar-refractivity contribution is -0.118. The summed E-state index contributed by atoms with van der Waals surface area (Å²) in [7, 11) is 0. The van der Waals surface area contributed by atoms with E-state index in [1.807, 2.05) is 30.1 Å². The second kappa shape index (κ2) is 6.24. The summed E-state index contributed by atoms with van der Waals surface area (Å²) < 4.78 is 1.94. The lowest BCUT2D eigenvalue weighted by Crippen LogP contribution is -2.22. The summed E-state index contributed by atoms with van der Waals surface area (Å²) in [5.74, 6) is 1.54. The number of rotatable bonds is 5. The lowest BCUT2D eigenvalue weighted by atomic mass is 10.2. The van der Waals surface area contributed by atoms with Crippen LogP contribution in [-0.2, 0) is 4.79 Å². The normalized spacial score (nSPS) is 20.9. The maximum atomic E-state index is 11.8. The molecule has 2 unspecified atom stereocenters. The number of nitrogens with zero attached hydrogens (tertiary/aromatic N) is 2. The van der Waals surface area contributed by atoms with Crippen molar-refractivity contribution in [2.75, 3.05) is 30.4 Å². The van der Waals surface area contributed by atoms with Crippen LogP contribution in [0.2, 0.25) is 0 Å². The number of hydrogen-bond acceptors (Lipinski definition) is 4. The molecule has 0 bridgehead atoms. The minimum absolute atomic E-state index is 0.0123. The van der Waals surface area contributed by atoms with Crippen LogP contribution in [0.1, 0.15) is 19.4 Å². The summed E-state index contributed by atoms with van der Waals surface area (Å²) >= 11 is 1.68. The molecule has 2 rings (SSSR count). The quantitative estimate of drug-likeness (QED) is 0.846. The fraction of sp³-hybridized carbons (Fsp3) is 0.667. The molecule has 0 aliphatic carbocycles. The van der Waals surface area contributed by atoms with Crippen molar-refractivity contribution in [3.05, 3.63) is 12.3 Å². The second-order valence-corrected chi connectivity index (χ2v) is 5.58. The van der Waals surface area contributed by atoms with Crippen molar-refractivity contribution in [3.63, 3.8) is 0 Å². The van der Waals surface area contributed by atoms with Crippen LogP contribution in [-0.4, -0.2) is 40.8 Å². The Hall–Kier alpha value is -1.01. The zero-order chi connectivity index (χ0) is 13.0. The minimum atomic E-state index is 0.0123. The fourth-order valence-corrected chi connectivity index (χ4v) is 2.70. The van der Waals surface area contributed by atoms with Gasteiger partial charge in [-0.25, -0.2) is 0 Å². The molecule has 0 radical (unpaired) electrons. The molecule has 100 valence electrons. The van der Waals surface area contributed by atoms with Crippen LogP contribution in [0.3, 0.4) is 0 Å². The Balaban J connectivity index is 1.91. The van der Waals surface area contributed by atoms with E-state index in [0.717, 1.165) is 25.3 Å². The van der Waals surface area contributed by atoms with Gasteiger partial charge in [-0.2, -0.15) is 16.9 Å². The fourth-order valence-electron chi connectivity index (χ4n) is 2.05. The number of hydrogen-bond donors (Lipinski definition) is 2. The third kappa shape index (κ3) is 3.26. The van der Waals surface area contributed by atoms with Crippen LogP contribution in [0.15, 0.2) is 12.3 Å². The van der Waals surface area contributed by atoms with E-state index in [2.05, 4.69) is 15.7 Å². The van der Waals surface area contributed by atoms with Gasteiger partial charge < -0.3 is 10.6 Å². The highest BCUT2D eigenvalue weighted by Gasteiger charge is 2.18. The lowest BCUT2D eigenvalue weighted by Gasteiger charge is -2.10. The molecule has 1 aromatic rings. The highest BCUT2D eigenvalue weighted by molar-refractivity contribution is 7.98. The molecule has 0 aromatic carbocycles. The monoisotopic (exact) mass is 268 g/mol. The number of aromatic nitrogens is 2. The van der Waals surface area contributed by atoms with E-state index in [9.17, 15) is 4.79 Å². The molecule has 0 spiro atoms. The van der Waals surface area contributed by atoms with Crippen LogP contribution < -0.4 is 10.6 Å². The molecule has 1 amide bonds. The van der Waals surface area contributed by atoms with Crippen LogP contribution in [0.5, 0.6) is 0 Å². The smallest absolute Gasteiger partial charge is 0.229 e. The number of amides is 1. The van der Waals surface area contributed by atoms with E-state index in [1.165, 1.54) is 0 Å². The van der Waals surface area contributed by atoms with Gasteiger partial charge in [0.05, 0.1) is 6.04 Å². The maximum absolute atomic E-state index is 11.8. The third-order valence-corrected chi connectivity index (χ3v) is 3.97. The summed E-state index contributed by atoms with van der Waals surface area (Å²) in [6, 6.07) is 2.28. The zero-order valence-corrected chi connectivity index (χ0v) is 11.7. The standard InChI is InChI=1S/C12H20N4OS/c1-9(8-18-2)12(17)14-11-4-6-16(15-11)10-3-5-13-7-10/h4,6,9-10,13H,3,5,7-8H2,1-2H3,(H,14,15,17). The van der Waals surface area contributed by atoms with E-state index in [4.69, 9.17) is 0 Å². The van der Waals surface area contributed by atoms with E-state index in [0.29, 0.717) is 11.9 Å². The van der Waals surface area contributed by atoms with Crippen molar-refractivity contribution in [1.82, 2.24) is 15.1 Å². The third-order valence-electron chi connectivity index (χ3n) is 3.13. The van der Waals surface area contributed by atoms with E-state index >= 15 is 0 Å². The molecular formula is C12H20N4OS. The molecule has 1 fully saturated rings. The Morgan fingerprint density at radius 1 is 1.78 bits per heavy atom. The minimum Gasteiger partial charge on any atom is -0.315 e. The number of anilines is 1. The SMILES string of the molecule is CSCC(C)C(=O)Nc1ccn(C2CCNC2)n1. The molecule has 1 aliphatic heterocycles. The number of carbonyl (C=O) groups is 1. The summed E-state index contributed by atoms with van der Waals surface area (Å²) in [6.45, 7) is 3.93. The van der Waals surface area contributed by atoms with Gasteiger partial charge in [-0.15, -0.1) is 0 Å². The largest absolute Gasteiger partial charge is 0.315 e. The zero-order valence-electron chi connectivity index (χ0n) is 10.8. The first-order valence-electron chi connectivity index (χ1n) is 6.26. The van der Waals surface area contributed by atoms with E-state index < -0.39 is 0 Å². The van der Waals surface area contributed by atoms with Crippen LogP contribution in [0, 0.1) is 5.92 Å². The molecule has 2 heterocycles. The molecule has 0 saturated carbocycles. The van der Waals surface area contributed by atoms with Crippen molar-refractivity contribution in [2.24, 2.45) is 5.92 Å². The highest BCUT2D eigenvalue weighted by Crippen LogP contribution is 2.16. The van der Waals surface area contributed by atoms with E-state index in [1.54, 1.807) is 11.8 Å². The Labute approximate surface area is 112 Å². The summed E-state index contributed by atoms with van der Waals surface area (Å²) in [5, 5.41) is 10.6. The van der Waals surface area contributed by atoms with Gasteiger partial charge in [0, 0.05) is 30.5 Å². The van der Waals surface area contributed by atoms with E-state index in [-0.39, 0.29) is 11.8 Å². The van der Waals surface area contributed by atoms with Gasteiger partial charge in [0.1, 0.15) is 0 Å². The molecule has 1 saturated heterocycles. The van der Waals surface area contributed by atoms with Gasteiger partial charge in [-0.1, -0.05) is 6.92 Å². The van der Waals surface area contributed by atoms with Crippen LogP contribution in [0.25, 0.3) is 0 Å². The Bertz CT molecular complexity index is 401. The first-order valence-corrected chi connectivity index (χ1v) is 7.65. The van der Waals surface area contributed by atoms with Gasteiger partial charge >= 0.3 is 0 Å². The van der Waals surface area contributed by atoms with Crippen LogP contribution >= 0.6 is 11.8 Å². The van der Waals surface area contributed by atoms with Crippen molar-refractivity contribution < 1.29 is 4.79 Å². The molecule has 5 nitrogen and oxygen atoms in total. The van der Waals surface area contributed by atoms with Gasteiger partial charge in [-0.3, -0.25) is 9.48 Å². The van der Waals surface area contributed by atoms with Crippen LogP contribution in [0.4, 0.5) is 5.82 Å². The van der Waals surface area contributed by atoms with Crippen molar-refractivity contribution >= 4 is 23.5 Å². The average molecular weight is 268 g/mol. The van der Waals surface area contributed by atoms with Gasteiger partial charge in [0.15, 0.2) is 5.82 Å². The Kier molecular flexibility index (Phi) is 4.66. The first-order chi connectivity index (χ1) is 8.70. The van der Waals surface area contributed by atoms with Gasteiger partial charge in [0.2, 0.25) is 5.91 Å². The Morgan fingerprint density at radius 3 is 3.28 bits per heavy atom. The number of thioether (sulfide) groups is 1. The highest BCUT2D eigenvalue weighted by atomic mass is 32.2. The molecule has 1 aromatic heterocycles. The summed E-state index contributed by atoms with van der Waals surface area (Å²) in [6.07, 6.45) is 5.04. The first kappa shape index (κ1) is 13.4. The molecule has 6 heteroatoms. The maximum Gasteiger partial charge on any atom is 0.229 e. The summed E-state index contributed by atoms with van der Waals surface area (Å²) in [5.41, 5.74) is 0. The molecule has 2 atom stereocenters. The Morgan fingerprint density at radius 2 is 2.61 bits per heavy atom. The molecular weight excluding hydrogens is 248 g/mol. The second-order valence-electron chi connectivity index (χ2n) is 4.67. The molecule has 1 aliphatic rings. The number of nitrogens with one attached hydrogen (secondary N) is 2. The molecule has 18 heavy (non-hydrogen) atoms. The topological polar surface area (TPSA) is 59.0 Å². The van der Waals surface area contributed by atoms with Gasteiger partial charge in [0.25, 0.3) is 0 Å². The van der Waals surface area contributed by atoms with Crippen molar-refractivity contribution in [1.29, 1.82) is 0 Å². The number of carbonyl (C=O) groups excluding carboxylic acids is 1. The predicted octanol–water partition coefficient (Wildman–Crippen LogP) is 1.36. The average Bonchev–Trinajstić information content (AvgIpc) is 2.98. The van der Waals surface area contributed by atoms with Crippen molar-refractivity contribution in [2.45, 2.75) is 19.4 Å².